The van der Waals surface area contributed by atoms with Crippen LogP contribution in [0, 0.1) is 0 Å². The molecule has 0 bridgehead atoms. The van der Waals surface area contributed by atoms with Crippen molar-refractivity contribution >= 4 is 17.6 Å². The molecule has 2 heterocycles. The number of rotatable bonds is 3. The van der Waals surface area contributed by atoms with E-state index in [1.165, 1.54) is 0 Å². The third kappa shape index (κ3) is 3.15. The van der Waals surface area contributed by atoms with Gasteiger partial charge < -0.3 is 4.90 Å². The number of anilines is 1. The number of aromatic nitrogens is 2. The quantitative estimate of drug-likeness (QED) is 0.712. The van der Waals surface area contributed by atoms with E-state index in [-0.39, 0.29) is 0 Å². The monoisotopic (exact) mass is 333 g/mol. The molecular formula is C20H19N3S. The van der Waals surface area contributed by atoms with Crippen molar-refractivity contribution in [2.75, 3.05) is 29.5 Å². The van der Waals surface area contributed by atoms with Crippen LogP contribution < -0.4 is 4.90 Å². The van der Waals surface area contributed by atoms with Crippen LogP contribution in [-0.2, 0) is 0 Å². The molecule has 0 spiro atoms. The molecule has 0 aliphatic carbocycles. The average molecular weight is 333 g/mol. The van der Waals surface area contributed by atoms with Gasteiger partial charge in [0.1, 0.15) is 5.82 Å². The Morgan fingerprint density at radius 3 is 1.96 bits per heavy atom. The molecule has 0 unspecified atom stereocenters. The summed E-state index contributed by atoms with van der Waals surface area (Å²) in [5, 5.41) is 0. The zero-order chi connectivity index (χ0) is 16.2. The molecule has 4 rings (SSSR count). The lowest BCUT2D eigenvalue weighted by Gasteiger charge is -2.27. The second-order valence-corrected chi connectivity index (χ2v) is 6.98. The fraction of sp³-hybridized carbons (Fsp3) is 0.200. The lowest BCUT2D eigenvalue weighted by atomic mass is 10.0. The van der Waals surface area contributed by atoms with Gasteiger partial charge in [0.15, 0.2) is 0 Å². The Bertz CT molecular complexity index is 800. The van der Waals surface area contributed by atoms with Crippen LogP contribution in [-0.4, -0.2) is 34.6 Å². The van der Waals surface area contributed by atoms with E-state index < -0.39 is 0 Å². The van der Waals surface area contributed by atoms with Gasteiger partial charge in [0.05, 0.1) is 17.6 Å². The smallest absolute Gasteiger partial charge is 0.147 e. The van der Waals surface area contributed by atoms with Gasteiger partial charge in [0.2, 0.25) is 0 Å². The van der Waals surface area contributed by atoms with Crippen LogP contribution in [0.15, 0.2) is 66.9 Å². The summed E-state index contributed by atoms with van der Waals surface area (Å²) in [6.07, 6.45) is 1.92. The molecule has 1 aromatic heterocycles. The maximum absolute atomic E-state index is 5.00. The lowest BCUT2D eigenvalue weighted by Crippen LogP contribution is -2.33. The van der Waals surface area contributed by atoms with Crippen LogP contribution in [0.5, 0.6) is 0 Å². The molecular weight excluding hydrogens is 314 g/mol. The maximum Gasteiger partial charge on any atom is 0.147 e. The molecule has 0 radical (unpaired) electrons. The fourth-order valence-corrected chi connectivity index (χ4v) is 3.83. The SMILES string of the molecule is c1ccc(-c2ncc(N3CCSCC3)nc2-c2ccccc2)cc1. The lowest BCUT2D eigenvalue weighted by molar-refractivity contribution is 0.835. The van der Waals surface area contributed by atoms with E-state index in [0.29, 0.717) is 0 Å². The zero-order valence-electron chi connectivity index (χ0n) is 13.4. The topological polar surface area (TPSA) is 29.0 Å². The highest BCUT2D eigenvalue weighted by atomic mass is 32.2. The molecule has 120 valence electrons. The summed E-state index contributed by atoms with van der Waals surface area (Å²) < 4.78 is 0. The number of thioether (sulfide) groups is 1. The van der Waals surface area contributed by atoms with Gasteiger partial charge in [0, 0.05) is 35.7 Å². The van der Waals surface area contributed by atoms with Crippen molar-refractivity contribution in [2.45, 2.75) is 0 Å². The van der Waals surface area contributed by atoms with Crippen molar-refractivity contribution in [2.24, 2.45) is 0 Å². The molecule has 4 heteroatoms. The third-order valence-electron chi connectivity index (χ3n) is 4.19. The Balaban J connectivity index is 1.82. The van der Waals surface area contributed by atoms with E-state index in [2.05, 4.69) is 41.3 Å². The van der Waals surface area contributed by atoms with Crippen LogP contribution >= 0.6 is 11.8 Å². The van der Waals surface area contributed by atoms with Crippen LogP contribution in [0.4, 0.5) is 5.82 Å². The molecule has 1 saturated heterocycles. The van der Waals surface area contributed by atoms with Crippen LogP contribution in [0.1, 0.15) is 0 Å². The van der Waals surface area contributed by atoms with Crippen molar-refractivity contribution in [3.05, 3.63) is 66.9 Å². The number of hydrogen-bond acceptors (Lipinski definition) is 4. The highest BCUT2D eigenvalue weighted by molar-refractivity contribution is 7.99. The fourth-order valence-electron chi connectivity index (χ4n) is 2.93. The molecule has 0 amide bonds. The Hall–Kier alpha value is -2.33. The summed E-state index contributed by atoms with van der Waals surface area (Å²) in [6, 6.07) is 20.6. The summed E-state index contributed by atoms with van der Waals surface area (Å²) >= 11 is 2.00. The van der Waals surface area contributed by atoms with Crippen molar-refractivity contribution in [3.8, 4) is 22.5 Å². The van der Waals surface area contributed by atoms with Gasteiger partial charge in [-0.1, -0.05) is 60.7 Å². The van der Waals surface area contributed by atoms with Gasteiger partial charge >= 0.3 is 0 Å². The van der Waals surface area contributed by atoms with E-state index >= 15 is 0 Å². The second kappa shape index (κ2) is 7.05. The van der Waals surface area contributed by atoms with E-state index in [1.807, 2.05) is 42.2 Å². The molecule has 1 aliphatic rings. The van der Waals surface area contributed by atoms with Crippen molar-refractivity contribution in [1.29, 1.82) is 0 Å². The zero-order valence-corrected chi connectivity index (χ0v) is 14.2. The Kier molecular flexibility index (Phi) is 4.47. The highest BCUT2D eigenvalue weighted by Crippen LogP contribution is 2.30. The van der Waals surface area contributed by atoms with Gasteiger partial charge in [0.25, 0.3) is 0 Å². The van der Waals surface area contributed by atoms with E-state index in [9.17, 15) is 0 Å². The van der Waals surface area contributed by atoms with Gasteiger partial charge in [-0.15, -0.1) is 0 Å². The summed E-state index contributed by atoms with van der Waals surface area (Å²) in [7, 11) is 0. The van der Waals surface area contributed by atoms with Crippen molar-refractivity contribution in [3.63, 3.8) is 0 Å². The van der Waals surface area contributed by atoms with E-state index in [1.54, 1.807) is 0 Å². The van der Waals surface area contributed by atoms with Crippen LogP contribution in [0.2, 0.25) is 0 Å². The van der Waals surface area contributed by atoms with Gasteiger partial charge in [-0.25, -0.2) is 4.98 Å². The average Bonchev–Trinajstić information content (AvgIpc) is 2.69. The molecule has 2 aromatic carbocycles. The standard InChI is InChI=1S/C20H19N3S/c1-3-7-16(8-4-1)19-20(17-9-5-2-6-10-17)22-18(15-21-19)23-11-13-24-14-12-23/h1-10,15H,11-14H2. The maximum atomic E-state index is 5.00. The molecule has 0 N–H and O–H groups in total. The number of hydrogen-bond donors (Lipinski definition) is 0. The molecule has 0 atom stereocenters. The first-order valence-electron chi connectivity index (χ1n) is 8.22. The molecule has 1 aliphatic heterocycles. The van der Waals surface area contributed by atoms with Crippen molar-refractivity contribution < 1.29 is 0 Å². The first kappa shape index (κ1) is 15.2. The van der Waals surface area contributed by atoms with Crippen molar-refractivity contribution in [1.82, 2.24) is 9.97 Å². The summed E-state index contributed by atoms with van der Waals surface area (Å²) in [5.74, 6) is 3.29. The minimum atomic E-state index is 0.942. The molecule has 3 aromatic rings. The predicted octanol–water partition coefficient (Wildman–Crippen LogP) is 4.36. The molecule has 3 nitrogen and oxygen atoms in total. The number of benzene rings is 2. The highest BCUT2D eigenvalue weighted by Gasteiger charge is 2.17. The largest absolute Gasteiger partial charge is 0.354 e. The van der Waals surface area contributed by atoms with Gasteiger partial charge in [-0.2, -0.15) is 11.8 Å². The molecule has 24 heavy (non-hydrogen) atoms. The minimum Gasteiger partial charge on any atom is -0.354 e. The Morgan fingerprint density at radius 2 is 1.33 bits per heavy atom. The summed E-state index contributed by atoms with van der Waals surface area (Å²) in [4.78, 5) is 12.1. The Morgan fingerprint density at radius 1 is 0.750 bits per heavy atom. The molecule has 0 saturated carbocycles. The second-order valence-electron chi connectivity index (χ2n) is 5.76. The number of nitrogens with zero attached hydrogens (tertiary/aromatic N) is 3. The van der Waals surface area contributed by atoms with Gasteiger partial charge in [-0.3, -0.25) is 4.98 Å². The summed E-state index contributed by atoms with van der Waals surface area (Å²) in [6.45, 7) is 2.08. The Labute approximate surface area is 146 Å². The first-order valence-corrected chi connectivity index (χ1v) is 9.38. The molecule has 1 fully saturated rings. The predicted molar refractivity (Wildman–Crippen MR) is 102 cm³/mol. The van der Waals surface area contributed by atoms with E-state index in [4.69, 9.17) is 9.97 Å². The van der Waals surface area contributed by atoms with Crippen LogP contribution in [0.25, 0.3) is 22.5 Å². The van der Waals surface area contributed by atoms with E-state index in [0.717, 1.165) is 52.9 Å². The minimum absolute atomic E-state index is 0.942. The van der Waals surface area contributed by atoms with Gasteiger partial charge in [-0.05, 0) is 0 Å². The normalized spacial score (nSPS) is 14.6. The van der Waals surface area contributed by atoms with Crippen LogP contribution in [0.3, 0.4) is 0 Å². The third-order valence-corrected chi connectivity index (χ3v) is 5.13. The summed E-state index contributed by atoms with van der Waals surface area (Å²) in [5.41, 5.74) is 4.11. The first-order chi connectivity index (χ1) is 11.9.